The van der Waals surface area contributed by atoms with Gasteiger partial charge in [-0.2, -0.15) is 5.26 Å². The summed E-state index contributed by atoms with van der Waals surface area (Å²) >= 11 is 0. The normalized spacial score (nSPS) is 25.9. The van der Waals surface area contributed by atoms with Crippen LogP contribution in [-0.2, 0) is 9.53 Å². The lowest BCUT2D eigenvalue weighted by atomic mass is 9.84. The molecule has 1 aromatic rings. The predicted octanol–water partition coefficient (Wildman–Crippen LogP) is 1.17. The number of aryl methyl sites for hydroxylation is 1. The van der Waals surface area contributed by atoms with Crippen LogP contribution in [0.3, 0.4) is 0 Å². The maximum atomic E-state index is 12.3. The van der Waals surface area contributed by atoms with Gasteiger partial charge >= 0.3 is 0 Å². The van der Waals surface area contributed by atoms with Crippen LogP contribution in [0.25, 0.3) is 0 Å². The average Bonchev–Trinajstić information content (AvgIpc) is 2.73. The van der Waals surface area contributed by atoms with E-state index in [1.165, 1.54) is 0 Å². The lowest BCUT2D eigenvalue weighted by Crippen LogP contribution is -2.47. The summed E-state index contributed by atoms with van der Waals surface area (Å²) in [6, 6.07) is 6.93. The Morgan fingerprint density at radius 1 is 1.63 bits per heavy atom. The summed E-state index contributed by atoms with van der Waals surface area (Å²) in [6.07, 6.45) is 0. The van der Waals surface area contributed by atoms with E-state index >= 15 is 0 Å². The summed E-state index contributed by atoms with van der Waals surface area (Å²) in [4.78, 5) is 12.3. The molecule has 5 nitrogen and oxygen atoms in total. The van der Waals surface area contributed by atoms with E-state index in [9.17, 15) is 4.79 Å². The molecule has 1 fully saturated rings. The van der Waals surface area contributed by atoms with Crippen LogP contribution >= 0.6 is 0 Å². The van der Waals surface area contributed by atoms with Gasteiger partial charge in [-0.15, -0.1) is 0 Å². The van der Waals surface area contributed by atoms with Gasteiger partial charge < -0.3 is 15.8 Å². The number of nitrogens with one attached hydrogen (secondary N) is 1. The standard InChI is InChI=1S/C14H17N3O2/c1-9-3-4-10(6-15)5-11(9)17-13(18)14(2)8-19-7-12(14)16/h3-5,12H,7-8,16H2,1-2H3,(H,17,18). The maximum Gasteiger partial charge on any atom is 0.234 e. The van der Waals surface area contributed by atoms with Gasteiger partial charge in [-0.05, 0) is 31.5 Å². The number of nitrogens with two attached hydrogens (primary N) is 1. The third-order valence-corrected chi connectivity index (χ3v) is 3.65. The van der Waals surface area contributed by atoms with Crippen molar-refractivity contribution in [2.45, 2.75) is 19.9 Å². The third kappa shape index (κ3) is 2.46. The van der Waals surface area contributed by atoms with E-state index in [4.69, 9.17) is 15.7 Å². The molecule has 2 unspecified atom stereocenters. The Morgan fingerprint density at radius 3 is 2.95 bits per heavy atom. The van der Waals surface area contributed by atoms with Gasteiger partial charge in [-0.1, -0.05) is 6.07 Å². The van der Waals surface area contributed by atoms with Crippen molar-refractivity contribution in [3.63, 3.8) is 0 Å². The Hall–Kier alpha value is -1.90. The SMILES string of the molecule is Cc1ccc(C#N)cc1NC(=O)C1(C)COCC1N. The Balaban J connectivity index is 2.22. The number of hydrogen-bond acceptors (Lipinski definition) is 4. The van der Waals surface area contributed by atoms with E-state index in [2.05, 4.69) is 11.4 Å². The minimum absolute atomic E-state index is 0.171. The van der Waals surface area contributed by atoms with Gasteiger partial charge in [-0.25, -0.2) is 0 Å². The summed E-state index contributed by atoms with van der Waals surface area (Å²) in [5.41, 5.74) is 7.26. The fraction of sp³-hybridized carbons (Fsp3) is 0.429. The Bertz CT molecular complexity index is 550. The topological polar surface area (TPSA) is 88.1 Å². The highest BCUT2D eigenvalue weighted by molar-refractivity contribution is 5.96. The number of anilines is 1. The fourth-order valence-corrected chi connectivity index (χ4v) is 2.01. The molecule has 0 saturated carbocycles. The molecule has 19 heavy (non-hydrogen) atoms. The Morgan fingerprint density at radius 2 is 2.37 bits per heavy atom. The highest BCUT2D eigenvalue weighted by Gasteiger charge is 2.44. The van der Waals surface area contributed by atoms with Crippen molar-refractivity contribution in [1.82, 2.24) is 0 Å². The van der Waals surface area contributed by atoms with E-state index in [1.807, 2.05) is 13.0 Å². The van der Waals surface area contributed by atoms with Crippen molar-refractivity contribution in [3.05, 3.63) is 29.3 Å². The summed E-state index contributed by atoms with van der Waals surface area (Å²) in [7, 11) is 0. The van der Waals surface area contributed by atoms with Gasteiger partial charge in [0, 0.05) is 11.7 Å². The molecule has 0 aromatic heterocycles. The van der Waals surface area contributed by atoms with Crippen LogP contribution in [0.4, 0.5) is 5.69 Å². The number of hydrogen-bond donors (Lipinski definition) is 2. The van der Waals surface area contributed by atoms with E-state index in [1.54, 1.807) is 19.1 Å². The Labute approximate surface area is 112 Å². The third-order valence-electron chi connectivity index (χ3n) is 3.65. The summed E-state index contributed by atoms with van der Waals surface area (Å²) in [5.74, 6) is -0.171. The van der Waals surface area contributed by atoms with Crippen molar-refractivity contribution in [1.29, 1.82) is 5.26 Å². The highest BCUT2D eigenvalue weighted by atomic mass is 16.5. The van der Waals surface area contributed by atoms with Gasteiger partial charge in [0.05, 0.1) is 30.3 Å². The molecule has 1 aliphatic rings. The van der Waals surface area contributed by atoms with Gasteiger partial charge in [0.15, 0.2) is 0 Å². The van der Waals surface area contributed by atoms with Crippen LogP contribution < -0.4 is 11.1 Å². The molecule has 0 radical (unpaired) electrons. The molecule has 5 heteroatoms. The highest BCUT2D eigenvalue weighted by Crippen LogP contribution is 2.29. The van der Waals surface area contributed by atoms with Crippen molar-refractivity contribution in [2.24, 2.45) is 11.1 Å². The molecule has 2 rings (SSSR count). The van der Waals surface area contributed by atoms with E-state index in [0.29, 0.717) is 24.5 Å². The monoisotopic (exact) mass is 259 g/mol. The molecular formula is C14H17N3O2. The van der Waals surface area contributed by atoms with Gasteiger partial charge in [0.2, 0.25) is 5.91 Å². The first-order valence-electron chi connectivity index (χ1n) is 6.13. The number of amides is 1. The second-order valence-corrected chi connectivity index (χ2v) is 5.13. The zero-order chi connectivity index (χ0) is 14.0. The number of nitrogens with zero attached hydrogens (tertiary/aromatic N) is 1. The van der Waals surface area contributed by atoms with E-state index in [0.717, 1.165) is 5.56 Å². The summed E-state index contributed by atoms with van der Waals surface area (Å²) in [5, 5.41) is 11.7. The van der Waals surface area contributed by atoms with Crippen molar-refractivity contribution >= 4 is 11.6 Å². The average molecular weight is 259 g/mol. The molecule has 100 valence electrons. The van der Waals surface area contributed by atoms with Gasteiger partial charge in [-0.3, -0.25) is 4.79 Å². The predicted molar refractivity (Wildman–Crippen MR) is 71.4 cm³/mol. The number of ether oxygens (including phenoxy) is 1. The number of rotatable bonds is 2. The lowest BCUT2D eigenvalue weighted by Gasteiger charge is -2.25. The zero-order valence-corrected chi connectivity index (χ0v) is 11.1. The minimum Gasteiger partial charge on any atom is -0.379 e. The molecule has 1 amide bonds. The molecular weight excluding hydrogens is 242 g/mol. The minimum atomic E-state index is -0.727. The summed E-state index contributed by atoms with van der Waals surface area (Å²) in [6.45, 7) is 4.38. The number of carbonyl (C=O) groups is 1. The van der Waals surface area contributed by atoms with Crippen LogP contribution in [0.5, 0.6) is 0 Å². The van der Waals surface area contributed by atoms with Crippen LogP contribution in [-0.4, -0.2) is 25.2 Å². The largest absolute Gasteiger partial charge is 0.379 e. The first-order valence-corrected chi connectivity index (χ1v) is 6.13. The quantitative estimate of drug-likeness (QED) is 0.834. The molecule has 1 saturated heterocycles. The molecule has 1 heterocycles. The Kier molecular flexibility index (Phi) is 3.56. The lowest BCUT2D eigenvalue weighted by molar-refractivity contribution is -0.125. The zero-order valence-electron chi connectivity index (χ0n) is 11.1. The van der Waals surface area contributed by atoms with E-state index in [-0.39, 0.29) is 11.9 Å². The molecule has 3 N–H and O–H groups in total. The van der Waals surface area contributed by atoms with Crippen molar-refractivity contribution < 1.29 is 9.53 Å². The smallest absolute Gasteiger partial charge is 0.234 e. The van der Waals surface area contributed by atoms with Crippen molar-refractivity contribution in [3.8, 4) is 6.07 Å². The summed E-state index contributed by atoms with van der Waals surface area (Å²) < 4.78 is 5.27. The van der Waals surface area contributed by atoms with Gasteiger partial charge in [0.1, 0.15) is 0 Å². The molecule has 0 spiro atoms. The number of nitriles is 1. The molecule has 1 aromatic carbocycles. The fourth-order valence-electron chi connectivity index (χ4n) is 2.01. The molecule has 0 aliphatic carbocycles. The molecule has 1 aliphatic heterocycles. The van der Waals surface area contributed by atoms with Gasteiger partial charge in [0.25, 0.3) is 0 Å². The first kappa shape index (κ1) is 13.5. The second-order valence-electron chi connectivity index (χ2n) is 5.13. The number of carbonyl (C=O) groups excluding carboxylic acids is 1. The maximum absolute atomic E-state index is 12.3. The van der Waals surface area contributed by atoms with Crippen LogP contribution in [0.15, 0.2) is 18.2 Å². The van der Waals surface area contributed by atoms with Crippen molar-refractivity contribution in [2.75, 3.05) is 18.5 Å². The van der Waals surface area contributed by atoms with Crippen LogP contribution in [0.2, 0.25) is 0 Å². The molecule has 0 bridgehead atoms. The number of benzene rings is 1. The second kappa shape index (κ2) is 5.00. The molecule has 2 atom stereocenters. The van der Waals surface area contributed by atoms with Crippen LogP contribution in [0.1, 0.15) is 18.1 Å². The first-order chi connectivity index (χ1) is 8.97. The van der Waals surface area contributed by atoms with E-state index < -0.39 is 5.41 Å². The van der Waals surface area contributed by atoms with Crippen LogP contribution in [0, 0.1) is 23.7 Å².